The summed E-state index contributed by atoms with van der Waals surface area (Å²) in [7, 11) is 0. The quantitative estimate of drug-likeness (QED) is 0.278. The molecule has 4 N–H and O–H groups in total. The number of unbranched alkanes of at least 4 members (excludes halogenated alkanes) is 1. The van der Waals surface area contributed by atoms with Crippen molar-refractivity contribution in [3.05, 3.63) is 0 Å². The average Bonchev–Trinajstić information content (AvgIpc) is 2.52. The van der Waals surface area contributed by atoms with E-state index in [4.69, 9.17) is 10.9 Å². The van der Waals surface area contributed by atoms with Gasteiger partial charge >= 0.3 is 0 Å². The Morgan fingerprint density at radius 1 is 1.29 bits per heavy atom. The standard InChI is InChI=1S/C16H31N3O2/c1-3-5-7-12-8-10-13(11-9-12)16(20)18-14(6-4-2)15(17)19-21/h12-14,21H,3-11H2,1-2H3,(H2,17,19)(H,18,20). The fourth-order valence-electron chi connectivity index (χ4n) is 3.15. The molecular weight excluding hydrogens is 266 g/mol. The SMILES string of the molecule is CCCCC1CCC(C(=O)NC(CCC)/C(N)=N/O)CC1. The van der Waals surface area contributed by atoms with Gasteiger partial charge in [0.2, 0.25) is 5.91 Å². The lowest BCUT2D eigenvalue weighted by molar-refractivity contribution is -0.126. The highest BCUT2D eigenvalue weighted by Crippen LogP contribution is 2.32. The summed E-state index contributed by atoms with van der Waals surface area (Å²) < 4.78 is 0. The highest BCUT2D eigenvalue weighted by molar-refractivity contribution is 5.90. The molecule has 0 aliphatic heterocycles. The predicted molar refractivity (Wildman–Crippen MR) is 85.2 cm³/mol. The van der Waals surface area contributed by atoms with Crippen molar-refractivity contribution in [1.29, 1.82) is 0 Å². The van der Waals surface area contributed by atoms with Gasteiger partial charge in [-0.3, -0.25) is 4.79 Å². The summed E-state index contributed by atoms with van der Waals surface area (Å²) in [5, 5.41) is 14.8. The Kier molecular flexibility index (Phi) is 8.16. The van der Waals surface area contributed by atoms with E-state index in [9.17, 15) is 4.79 Å². The largest absolute Gasteiger partial charge is 0.409 e. The minimum absolute atomic E-state index is 0.0639. The minimum Gasteiger partial charge on any atom is -0.409 e. The van der Waals surface area contributed by atoms with E-state index in [0.717, 1.165) is 38.0 Å². The molecule has 0 aromatic heterocycles. The molecule has 1 fully saturated rings. The molecule has 0 spiro atoms. The van der Waals surface area contributed by atoms with E-state index in [1.165, 1.54) is 19.3 Å². The molecule has 0 aromatic carbocycles. The predicted octanol–water partition coefficient (Wildman–Crippen LogP) is 3.01. The first-order chi connectivity index (χ1) is 10.1. The maximum Gasteiger partial charge on any atom is 0.223 e. The van der Waals surface area contributed by atoms with Crippen LogP contribution in [0, 0.1) is 11.8 Å². The number of oxime groups is 1. The molecule has 5 nitrogen and oxygen atoms in total. The van der Waals surface area contributed by atoms with Gasteiger partial charge in [-0.25, -0.2) is 0 Å². The maximum absolute atomic E-state index is 12.3. The van der Waals surface area contributed by atoms with Gasteiger partial charge in [-0.15, -0.1) is 0 Å². The van der Waals surface area contributed by atoms with Crippen molar-refractivity contribution in [1.82, 2.24) is 5.32 Å². The second-order valence-corrected chi connectivity index (χ2v) is 6.23. The summed E-state index contributed by atoms with van der Waals surface area (Å²) in [6.45, 7) is 4.24. The number of nitrogens with one attached hydrogen (secondary N) is 1. The minimum atomic E-state index is -0.342. The molecule has 1 aliphatic carbocycles. The molecule has 0 radical (unpaired) electrons. The highest BCUT2D eigenvalue weighted by atomic mass is 16.4. The van der Waals surface area contributed by atoms with E-state index in [0.29, 0.717) is 6.42 Å². The topological polar surface area (TPSA) is 87.7 Å². The number of hydrogen-bond acceptors (Lipinski definition) is 3. The zero-order valence-corrected chi connectivity index (χ0v) is 13.5. The summed E-state index contributed by atoms with van der Waals surface area (Å²) in [6, 6.07) is -0.342. The molecule has 1 aliphatic rings. The lowest BCUT2D eigenvalue weighted by Crippen LogP contribution is -2.47. The number of nitrogens with zero attached hydrogens (tertiary/aromatic N) is 1. The fourth-order valence-corrected chi connectivity index (χ4v) is 3.15. The zero-order valence-electron chi connectivity index (χ0n) is 13.5. The molecule has 0 bridgehead atoms. The molecular formula is C16H31N3O2. The normalized spacial score (nSPS) is 24.6. The van der Waals surface area contributed by atoms with Crippen molar-refractivity contribution >= 4 is 11.7 Å². The maximum atomic E-state index is 12.3. The lowest BCUT2D eigenvalue weighted by atomic mass is 9.79. The summed E-state index contributed by atoms with van der Waals surface area (Å²) in [5.41, 5.74) is 5.64. The zero-order chi connectivity index (χ0) is 15.7. The molecule has 0 heterocycles. The van der Waals surface area contributed by atoms with Crippen LogP contribution < -0.4 is 11.1 Å². The van der Waals surface area contributed by atoms with E-state index in [1.807, 2.05) is 6.92 Å². The van der Waals surface area contributed by atoms with Gasteiger partial charge < -0.3 is 16.3 Å². The molecule has 1 saturated carbocycles. The van der Waals surface area contributed by atoms with Crippen LogP contribution in [0.3, 0.4) is 0 Å². The number of amidine groups is 1. The van der Waals surface area contributed by atoms with Gasteiger partial charge in [0.15, 0.2) is 5.84 Å². The number of rotatable bonds is 8. The number of amides is 1. The van der Waals surface area contributed by atoms with Crippen LogP contribution in [0.5, 0.6) is 0 Å². The molecule has 5 heteroatoms. The van der Waals surface area contributed by atoms with Crippen molar-refractivity contribution in [3.8, 4) is 0 Å². The third kappa shape index (κ3) is 5.94. The van der Waals surface area contributed by atoms with Gasteiger partial charge in [0, 0.05) is 5.92 Å². The molecule has 0 aromatic rings. The Labute approximate surface area is 128 Å². The number of hydrogen-bond donors (Lipinski definition) is 3. The van der Waals surface area contributed by atoms with Crippen LogP contribution in [0.25, 0.3) is 0 Å². The van der Waals surface area contributed by atoms with Gasteiger partial charge in [-0.05, 0) is 38.0 Å². The van der Waals surface area contributed by atoms with Gasteiger partial charge in [0.05, 0.1) is 6.04 Å². The van der Waals surface area contributed by atoms with Crippen LogP contribution in [0.4, 0.5) is 0 Å². The molecule has 122 valence electrons. The number of nitrogens with two attached hydrogens (primary N) is 1. The Morgan fingerprint density at radius 2 is 1.95 bits per heavy atom. The van der Waals surface area contributed by atoms with Crippen molar-refractivity contribution in [2.45, 2.75) is 77.7 Å². The van der Waals surface area contributed by atoms with Gasteiger partial charge in [0.1, 0.15) is 0 Å². The molecule has 1 unspecified atom stereocenters. The summed E-state index contributed by atoms with van der Waals surface area (Å²) >= 11 is 0. The van der Waals surface area contributed by atoms with Crippen LogP contribution in [0.2, 0.25) is 0 Å². The summed E-state index contributed by atoms with van der Waals surface area (Å²) in [5.74, 6) is 1.05. The van der Waals surface area contributed by atoms with Crippen molar-refractivity contribution in [3.63, 3.8) is 0 Å². The second kappa shape index (κ2) is 9.64. The Bertz CT molecular complexity index is 336. The lowest BCUT2D eigenvalue weighted by Gasteiger charge is -2.29. The first-order valence-corrected chi connectivity index (χ1v) is 8.40. The van der Waals surface area contributed by atoms with Gasteiger partial charge in [-0.2, -0.15) is 0 Å². The molecule has 21 heavy (non-hydrogen) atoms. The van der Waals surface area contributed by atoms with Gasteiger partial charge in [0.25, 0.3) is 0 Å². The van der Waals surface area contributed by atoms with Crippen molar-refractivity contribution in [2.75, 3.05) is 0 Å². The van der Waals surface area contributed by atoms with E-state index in [2.05, 4.69) is 17.4 Å². The van der Waals surface area contributed by atoms with Crippen LogP contribution in [-0.2, 0) is 4.79 Å². The smallest absolute Gasteiger partial charge is 0.223 e. The second-order valence-electron chi connectivity index (χ2n) is 6.23. The average molecular weight is 297 g/mol. The molecule has 1 amide bonds. The number of carbonyl (C=O) groups is 1. The van der Waals surface area contributed by atoms with Crippen LogP contribution in [-0.4, -0.2) is 23.0 Å². The summed E-state index contributed by atoms with van der Waals surface area (Å²) in [6.07, 6.45) is 9.67. The van der Waals surface area contributed by atoms with E-state index in [-0.39, 0.29) is 23.7 Å². The van der Waals surface area contributed by atoms with E-state index < -0.39 is 0 Å². The number of carbonyl (C=O) groups excluding carboxylic acids is 1. The monoisotopic (exact) mass is 297 g/mol. The van der Waals surface area contributed by atoms with Crippen molar-refractivity contribution in [2.24, 2.45) is 22.7 Å². The Balaban J connectivity index is 2.42. The first kappa shape index (κ1) is 17.8. The molecule has 1 rings (SSSR count). The van der Waals surface area contributed by atoms with Crippen molar-refractivity contribution < 1.29 is 10.0 Å². The first-order valence-electron chi connectivity index (χ1n) is 8.40. The highest BCUT2D eigenvalue weighted by Gasteiger charge is 2.28. The van der Waals surface area contributed by atoms with Crippen LogP contribution in [0.1, 0.15) is 71.6 Å². The molecule has 1 atom stereocenters. The van der Waals surface area contributed by atoms with E-state index in [1.54, 1.807) is 0 Å². The third-order valence-electron chi connectivity index (χ3n) is 4.55. The third-order valence-corrected chi connectivity index (χ3v) is 4.55. The fraction of sp³-hybridized carbons (Fsp3) is 0.875. The van der Waals surface area contributed by atoms with Crippen LogP contribution in [0.15, 0.2) is 5.16 Å². The summed E-state index contributed by atoms with van der Waals surface area (Å²) in [4.78, 5) is 12.3. The Hall–Kier alpha value is -1.26. The van der Waals surface area contributed by atoms with Gasteiger partial charge in [-0.1, -0.05) is 44.7 Å². The van der Waals surface area contributed by atoms with E-state index >= 15 is 0 Å². The van der Waals surface area contributed by atoms with Crippen LogP contribution >= 0.6 is 0 Å². The molecule has 0 saturated heterocycles. The Morgan fingerprint density at radius 3 is 2.48 bits per heavy atom.